The second kappa shape index (κ2) is 7.04. The lowest BCUT2D eigenvalue weighted by Gasteiger charge is -2.35. The second-order valence-corrected chi connectivity index (χ2v) is 9.87. The zero-order valence-corrected chi connectivity index (χ0v) is 18.0. The van der Waals surface area contributed by atoms with Gasteiger partial charge in [0.2, 0.25) is 0 Å². The Hall–Kier alpha value is -2.48. The van der Waals surface area contributed by atoms with Crippen molar-refractivity contribution in [2.75, 3.05) is 0 Å². The molecule has 0 saturated heterocycles. The van der Waals surface area contributed by atoms with Gasteiger partial charge >= 0.3 is 0 Å². The van der Waals surface area contributed by atoms with Gasteiger partial charge in [-0.25, -0.2) is 0 Å². The lowest BCUT2D eigenvalue weighted by Crippen LogP contribution is -2.31. The highest BCUT2D eigenvalue weighted by Crippen LogP contribution is 2.54. The molecular weight excluding hydrogens is 368 g/mol. The molecule has 1 aromatic rings. The molecule has 0 unspecified atom stereocenters. The van der Waals surface area contributed by atoms with Gasteiger partial charge in [0.05, 0.1) is 0 Å². The van der Waals surface area contributed by atoms with Gasteiger partial charge in [-0.2, -0.15) is 0 Å². The first-order valence-electron chi connectivity index (χ1n) is 11.3. The third kappa shape index (κ3) is 2.69. The monoisotopic (exact) mass is 398 g/mol. The normalized spacial score (nSPS) is 35.4. The highest BCUT2D eigenvalue weighted by atomic mass is 16.1. The SMILES string of the molecule is C[C@]12CC=CC[C@H]1C(=O)C1=C2CC=CC1.C[C@]12CC=CC[C@H]1C(=O)c1ccccc12. The average molecular weight is 399 g/mol. The van der Waals surface area contributed by atoms with Crippen LogP contribution in [0.25, 0.3) is 0 Å². The molecule has 0 aromatic heterocycles. The standard InChI is InChI=1S/C14H16O.C14H14O/c2*1-14-9-5-4-8-12(14)13(15)10-6-2-3-7-11(10)14/h2-5,12H,6-9H2,1H3;2-7,12H,8-9H2,1H3/t2*12-,14+/m00/s1. The summed E-state index contributed by atoms with van der Waals surface area (Å²) < 4.78 is 0. The van der Waals surface area contributed by atoms with Gasteiger partial charge in [-0.15, -0.1) is 0 Å². The third-order valence-electron chi connectivity index (χ3n) is 8.30. The summed E-state index contributed by atoms with van der Waals surface area (Å²) in [5.74, 6) is 1.20. The number of carbonyl (C=O) groups excluding carboxylic acids is 2. The Morgan fingerprint density at radius 2 is 1.37 bits per heavy atom. The minimum Gasteiger partial charge on any atom is -0.294 e. The van der Waals surface area contributed by atoms with E-state index in [1.807, 2.05) is 18.2 Å². The molecule has 0 amide bonds. The molecule has 30 heavy (non-hydrogen) atoms. The van der Waals surface area contributed by atoms with E-state index in [0.29, 0.717) is 11.6 Å². The van der Waals surface area contributed by atoms with Crippen molar-refractivity contribution in [1.82, 2.24) is 0 Å². The number of fused-ring (bicyclic) bond motifs is 5. The maximum absolute atomic E-state index is 12.3. The van der Waals surface area contributed by atoms with E-state index >= 15 is 0 Å². The molecule has 5 aliphatic carbocycles. The van der Waals surface area contributed by atoms with Crippen LogP contribution >= 0.6 is 0 Å². The van der Waals surface area contributed by atoms with Crippen LogP contribution in [0.15, 0.2) is 71.9 Å². The van der Waals surface area contributed by atoms with Crippen molar-refractivity contribution in [3.05, 3.63) is 83.0 Å². The van der Waals surface area contributed by atoms with Crippen LogP contribution in [0, 0.1) is 17.3 Å². The van der Waals surface area contributed by atoms with Crippen LogP contribution in [0.4, 0.5) is 0 Å². The van der Waals surface area contributed by atoms with Crippen molar-refractivity contribution in [3.8, 4) is 0 Å². The van der Waals surface area contributed by atoms with E-state index < -0.39 is 0 Å². The van der Waals surface area contributed by atoms with Gasteiger partial charge in [0.15, 0.2) is 11.6 Å². The summed E-state index contributed by atoms with van der Waals surface area (Å²) >= 11 is 0. The Balaban J connectivity index is 0.000000128. The van der Waals surface area contributed by atoms with Crippen LogP contribution in [0.5, 0.6) is 0 Å². The lowest BCUT2D eigenvalue weighted by atomic mass is 9.68. The number of rotatable bonds is 0. The zero-order chi connectivity index (χ0) is 20.9. The molecule has 0 heterocycles. The van der Waals surface area contributed by atoms with Gasteiger partial charge < -0.3 is 0 Å². The predicted molar refractivity (Wildman–Crippen MR) is 120 cm³/mol. The molecule has 0 radical (unpaired) electrons. The molecule has 154 valence electrons. The number of hydrogen-bond acceptors (Lipinski definition) is 2. The van der Waals surface area contributed by atoms with E-state index in [1.54, 1.807) is 0 Å². The molecule has 6 rings (SSSR count). The van der Waals surface area contributed by atoms with Gasteiger partial charge in [-0.3, -0.25) is 9.59 Å². The summed E-state index contributed by atoms with van der Waals surface area (Å²) in [7, 11) is 0. The highest BCUT2D eigenvalue weighted by molar-refractivity contribution is 6.04. The Labute approximate surface area is 179 Å². The van der Waals surface area contributed by atoms with Crippen LogP contribution in [0.3, 0.4) is 0 Å². The second-order valence-electron chi connectivity index (χ2n) is 9.87. The molecule has 0 fully saturated rings. The van der Waals surface area contributed by atoms with Crippen molar-refractivity contribution < 1.29 is 9.59 Å². The maximum Gasteiger partial charge on any atom is 0.167 e. The Morgan fingerprint density at radius 1 is 0.733 bits per heavy atom. The number of hydrogen-bond donors (Lipinski definition) is 0. The summed E-state index contributed by atoms with van der Waals surface area (Å²) in [5, 5.41) is 0. The van der Waals surface area contributed by atoms with E-state index in [1.165, 1.54) is 11.1 Å². The van der Waals surface area contributed by atoms with Gasteiger partial charge in [-0.05, 0) is 49.7 Å². The van der Waals surface area contributed by atoms with E-state index in [4.69, 9.17) is 0 Å². The molecule has 2 nitrogen and oxygen atoms in total. The number of allylic oxidation sites excluding steroid dienone is 8. The van der Waals surface area contributed by atoms with Crippen molar-refractivity contribution in [2.45, 2.75) is 57.8 Å². The fraction of sp³-hybridized carbons (Fsp3) is 0.429. The first-order chi connectivity index (χ1) is 14.5. The van der Waals surface area contributed by atoms with Crippen molar-refractivity contribution in [1.29, 1.82) is 0 Å². The lowest BCUT2D eigenvalue weighted by molar-refractivity contribution is -0.120. The fourth-order valence-electron chi connectivity index (χ4n) is 6.42. The van der Waals surface area contributed by atoms with Gasteiger partial charge in [0, 0.05) is 28.2 Å². The quantitative estimate of drug-likeness (QED) is 0.481. The van der Waals surface area contributed by atoms with Crippen molar-refractivity contribution >= 4 is 11.6 Å². The van der Waals surface area contributed by atoms with E-state index in [9.17, 15) is 9.59 Å². The van der Waals surface area contributed by atoms with Crippen molar-refractivity contribution in [3.63, 3.8) is 0 Å². The van der Waals surface area contributed by atoms with Crippen molar-refractivity contribution in [2.24, 2.45) is 17.3 Å². The third-order valence-corrected chi connectivity index (χ3v) is 8.30. The van der Waals surface area contributed by atoms with Gasteiger partial charge in [0.1, 0.15) is 0 Å². The van der Waals surface area contributed by atoms with E-state index in [0.717, 1.165) is 49.7 Å². The summed E-state index contributed by atoms with van der Waals surface area (Å²) in [4.78, 5) is 24.5. The maximum atomic E-state index is 12.3. The number of carbonyl (C=O) groups is 2. The van der Waals surface area contributed by atoms with Gasteiger partial charge in [-0.1, -0.05) is 80.1 Å². The van der Waals surface area contributed by atoms with Gasteiger partial charge in [0.25, 0.3) is 0 Å². The predicted octanol–water partition coefficient (Wildman–Crippen LogP) is 6.30. The molecule has 0 bridgehead atoms. The van der Waals surface area contributed by atoms with Crippen LogP contribution in [-0.2, 0) is 10.2 Å². The van der Waals surface area contributed by atoms with Crippen LogP contribution in [0.2, 0.25) is 0 Å². The Kier molecular flexibility index (Phi) is 4.57. The summed E-state index contributed by atoms with van der Waals surface area (Å²) in [6.07, 6.45) is 18.9. The number of ketones is 2. The highest BCUT2D eigenvalue weighted by Gasteiger charge is 2.50. The summed E-state index contributed by atoms with van der Waals surface area (Å²) in [5.41, 5.74) is 4.98. The first kappa shape index (κ1) is 19.5. The largest absolute Gasteiger partial charge is 0.294 e. The molecular formula is C28H30O2. The molecule has 0 aliphatic heterocycles. The molecule has 0 saturated carbocycles. The van der Waals surface area contributed by atoms with E-state index in [-0.39, 0.29) is 22.7 Å². The molecule has 1 aromatic carbocycles. The topological polar surface area (TPSA) is 34.1 Å². The van der Waals surface area contributed by atoms with Crippen LogP contribution in [-0.4, -0.2) is 11.6 Å². The zero-order valence-electron chi connectivity index (χ0n) is 18.0. The molecule has 5 aliphatic rings. The summed E-state index contributed by atoms with van der Waals surface area (Å²) in [6, 6.07) is 8.09. The number of benzene rings is 1. The minimum absolute atomic E-state index is 0.0580. The molecule has 4 atom stereocenters. The average Bonchev–Trinajstić information content (AvgIpc) is 3.15. The minimum atomic E-state index is 0.0580. The fourth-order valence-corrected chi connectivity index (χ4v) is 6.42. The molecule has 0 spiro atoms. The Bertz CT molecular complexity index is 1040. The smallest absolute Gasteiger partial charge is 0.167 e. The van der Waals surface area contributed by atoms with Crippen LogP contribution < -0.4 is 0 Å². The Morgan fingerprint density at radius 3 is 2.13 bits per heavy atom. The first-order valence-corrected chi connectivity index (χ1v) is 11.3. The van der Waals surface area contributed by atoms with E-state index in [2.05, 4.69) is 56.4 Å². The molecule has 0 N–H and O–H groups in total. The molecule has 2 heteroatoms. The van der Waals surface area contributed by atoms with Crippen LogP contribution in [0.1, 0.15) is 68.3 Å². The number of Topliss-reactive ketones (excluding diaryl/α,β-unsaturated/α-hetero) is 2. The summed E-state index contributed by atoms with van der Waals surface area (Å²) in [6.45, 7) is 4.51.